The monoisotopic (exact) mass is 485 g/mol. The molecular weight excluding hydrogens is 458 g/mol. The topological polar surface area (TPSA) is 82.4 Å². The summed E-state index contributed by atoms with van der Waals surface area (Å²) in [6.07, 6.45) is 4.19. The fraction of sp³-hybridized carbons (Fsp3) is 0.458. The lowest BCUT2D eigenvalue weighted by Gasteiger charge is -2.20. The van der Waals surface area contributed by atoms with Gasteiger partial charge in [-0.2, -0.15) is 0 Å². The van der Waals surface area contributed by atoms with Crippen molar-refractivity contribution < 1.29 is 14.3 Å². The molecule has 0 saturated heterocycles. The fourth-order valence-electron chi connectivity index (χ4n) is 4.45. The van der Waals surface area contributed by atoms with Crippen molar-refractivity contribution in [3.63, 3.8) is 0 Å². The maximum Gasteiger partial charge on any atom is 0.263 e. The first kappa shape index (κ1) is 22.3. The number of aryl methyl sites for hydroxylation is 2. The minimum Gasteiger partial charge on any atom is -0.454 e. The summed E-state index contributed by atoms with van der Waals surface area (Å²) in [4.78, 5) is 33.2. The first-order chi connectivity index (χ1) is 15.9. The van der Waals surface area contributed by atoms with Crippen molar-refractivity contribution in [3.8, 4) is 11.5 Å². The van der Waals surface area contributed by atoms with Gasteiger partial charge in [-0.3, -0.25) is 14.2 Å². The van der Waals surface area contributed by atoms with E-state index in [1.165, 1.54) is 11.8 Å². The van der Waals surface area contributed by atoms with Crippen molar-refractivity contribution in [2.75, 3.05) is 6.79 Å². The van der Waals surface area contributed by atoms with Crippen LogP contribution in [0.25, 0.3) is 10.2 Å². The van der Waals surface area contributed by atoms with Gasteiger partial charge in [-0.05, 0) is 56.9 Å². The highest BCUT2D eigenvalue weighted by Gasteiger charge is 2.27. The molecule has 1 fully saturated rings. The number of hydrogen-bond acceptors (Lipinski definition) is 7. The van der Waals surface area contributed by atoms with Crippen molar-refractivity contribution in [1.29, 1.82) is 0 Å². The number of aromatic nitrogens is 2. The van der Waals surface area contributed by atoms with Crippen LogP contribution in [-0.4, -0.2) is 27.5 Å². The molecule has 2 aliphatic rings. The van der Waals surface area contributed by atoms with Crippen molar-refractivity contribution in [2.45, 2.75) is 69.4 Å². The molecule has 1 atom stereocenters. The van der Waals surface area contributed by atoms with E-state index in [0.717, 1.165) is 57.7 Å². The van der Waals surface area contributed by atoms with Crippen LogP contribution in [-0.2, 0) is 11.3 Å². The third-order valence-electron chi connectivity index (χ3n) is 6.45. The fourth-order valence-corrected chi connectivity index (χ4v) is 6.52. The van der Waals surface area contributed by atoms with Gasteiger partial charge < -0.3 is 14.8 Å². The van der Waals surface area contributed by atoms with E-state index in [-0.39, 0.29) is 24.3 Å². The molecule has 0 spiro atoms. The molecule has 0 radical (unpaired) electrons. The molecule has 3 heterocycles. The zero-order chi connectivity index (χ0) is 23.1. The zero-order valence-corrected chi connectivity index (χ0v) is 20.6. The zero-order valence-electron chi connectivity index (χ0n) is 19.0. The summed E-state index contributed by atoms with van der Waals surface area (Å²) in [6, 6.07) is 5.81. The van der Waals surface area contributed by atoms with Crippen LogP contribution in [0.2, 0.25) is 0 Å². The van der Waals surface area contributed by atoms with Crippen LogP contribution in [0.5, 0.6) is 11.5 Å². The van der Waals surface area contributed by atoms with Crippen LogP contribution in [0.1, 0.15) is 54.7 Å². The predicted molar refractivity (Wildman–Crippen MR) is 131 cm³/mol. The Morgan fingerprint density at radius 3 is 2.82 bits per heavy atom. The lowest BCUT2D eigenvalue weighted by Crippen LogP contribution is -2.32. The molecule has 1 aliphatic carbocycles. The molecule has 9 heteroatoms. The molecule has 5 rings (SSSR count). The second-order valence-electron chi connectivity index (χ2n) is 8.64. The number of hydrogen-bond donors (Lipinski definition) is 1. The maximum absolute atomic E-state index is 13.5. The lowest BCUT2D eigenvalue weighted by molar-refractivity contribution is -0.120. The summed E-state index contributed by atoms with van der Waals surface area (Å²) < 4.78 is 12.6. The Bertz CT molecular complexity index is 1280. The quantitative estimate of drug-likeness (QED) is 0.402. The van der Waals surface area contributed by atoms with Gasteiger partial charge in [0.15, 0.2) is 16.7 Å². The van der Waals surface area contributed by atoms with Gasteiger partial charge in [0.25, 0.3) is 5.56 Å². The van der Waals surface area contributed by atoms with E-state index in [1.54, 1.807) is 11.3 Å². The number of fused-ring (bicyclic) bond motifs is 2. The second-order valence-corrected chi connectivity index (χ2v) is 11.1. The van der Waals surface area contributed by atoms with E-state index in [4.69, 9.17) is 14.5 Å². The number of nitrogens with one attached hydrogen (secondary N) is 1. The molecule has 1 amide bonds. The highest BCUT2D eigenvalue weighted by Crippen LogP contribution is 2.36. The molecule has 33 heavy (non-hydrogen) atoms. The number of benzene rings is 1. The number of ether oxygens (including phenoxy) is 2. The molecule has 2 aromatic heterocycles. The van der Waals surface area contributed by atoms with Crippen LogP contribution in [0.4, 0.5) is 0 Å². The number of rotatable bonds is 6. The Hall–Kier alpha value is -2.52. The molecule has 7 nitrogen and oxygen atoms in total. The van der Waals surface area contributed by atoms with Crippen molar-refractivity contribution in [1.82, 2.24) is 14.9 Å². The first-order valence-corrected chi connectivity index (χ1v) is 13.0. The molecule has 3 aromatic rings. The van der Waals surface area contributed by atoms with E-state index in [9.17, 15) is 9.59 Å². The van der Waals surface area contributed by atoms with Crippen molar-refractivity contribution in [2.24, 2.45) is 0 Å². The molecule has 174 valence electrons. The van der Waals surface area contributed by atoms with Crippen LogP contribution in [0.15, 0.2) is 28.2 Å². The standard InChI is InChI=1S/C24H27N3O4S2/c1-13-14(2)32-22-20(13)23(29)27(17-6-4-5-7-17)24(26-22)33-15(3)21(28)25-11-16-8-9-18-19(10-16)31-12-30-18/h8-10,15,17H,4-7,11-12H2,1-3H3,(H,25,28). The summed E-state index contributed by atoms with van der Waals surface area (Å²) in [5, 5.41) is 3.98. The highest BCUT2D eigenvalue weighted by molar-refractivity contribution is 8.00. The van der Waals surface area contributed by atoms with Gasteiger partial charge in [-0.15, -0.1) is 11.3 Å². The maximum atomic E-state index is 13.5. The lowest BCUT2D eigenvalue weighted by atomic mass is 10.2. The molecule has 1 saturated carbocycles. The number of amides is 1. The summed E-state index contributed by atoms with van der Waals surface area (Å²) in [5.74, 6) is 1.33. The van der Waals surface area contributed by atoms with Crippen LogP contribution in [0, 0.1) is 13.8 Å². The third-order valence-corrected chi connectivity index (χ3v) is 8.62. The van der Waals surface area contributed by atoms with Crippen LogP contribution in [0.3, 0.4) is 0 Å². The highest BCUT2D eigenvalue weighted by atomic mass is 32.2. The number of carbonyl (C=O) groups excluding carboxylic acids is 1. The van der Waals surface area contributed by atoms with E-state index < -0.39 is 5.25 Å². The SMILES string of the molecule is Cc1sc2nc(SC(C)C(=O)NCc3ccc4c(c3)OCO4)n(C3CCCC3)c(=O)c2c1C. The molecule has 1 N–H and O–H groups in total. The van der Waals surface area contributed by atoms with Crippen molar-refractivity contribution >= 4 is 39.2 Å². The van der Waals surface area contributed by atoms with Gasteiger partial charge >= 0.3 is 0 Å². The molecule has 0 bridgehead atoms. The van der Waals surface area contributed by atoms with Crippen molar-refractivity contribution in [3.05, 3.63) is 44.6 Å². The number of thiophene rings is 1. The Morgan fingerprint density at radius 2 is 2.03 bits per heavy atom. The minimum absolute atomic E-state index is 0.0317. The molecule has 1 aromatic carbocycles. The van der Waals surface area contributed by atoms with Crippen LogP contribution >= 0.6 is 23.1 Å². The van der Waals surface area contributed by atoms with E-state index in [1.807, 2.05) is 43.5 Å². The summed E-state index contributed by atoms with van der Waals surface area (Å²) in [5.41, 5.74) is 1.99. The van der Waals surface area contributed by atoms with Gasteiger partial charge in [-0.25, -0.2) is 4.98 Å². The number of nitrogens with zero attached hydrogens (tertiary/aromatic N) is 2. The van der Waals surface area contributed by atoms with E-state index in [0.29, 0.717) is 17.5 Å². The Labute approximate surface area is 200 Å². The summed E-state index contributed by atoms with van der Waals surface area (Å²) >= 11 is 2.92. The van der Waals surface area contributed by atoms with Gasteiger partial charge in [0, 0.05) is 17.5 Å². The first-order valence-electron chi connectivity index (χ1n) is 11.3. The summed E-state index contributed by atoms with van der Waals surface area (Å²) in [6.45, 7) is 6.50. The van der Waals surface area contributed by atoms with Gasteiger partial charge in [0.2, 0.25) is 12.7 Å². The number of carbonyl (C=O) groups is 1. The second kappa shape index (κ2) is 9.02. The largest absolute Gasteiger partial charge is 0.454 e. The van der Waals surface area contributed by atoms with E-state index in [2.05, 4.69) is 5.32 Å². The minimum atomic E-state index is -0.391. The molecule has 1 aliphatic heterocycles. The van der Waals surface area contributed by atoms with Crippen LogP contribution < -0.4 is 20.3 Å². The molecular formula is C24H27N3O4S2. The smallest absolute Gasteiger partial charge is 0.263 e. The normalized spacial score (nSPS) is 16.5. The Morgan fingerprint density at radius 1 is 1.27 bits per heavy atom. The van der Waals surface area contributed by atoms with Gasteiger partial charge in [0.05, 0.1) is 10.6 Å². The van der Waals surface area contributed by atoms with Gasteiger partial charge in [-0.1, -0.05) is 30.7 Å². The Balaban J connectivity index is 1.36. The number of thioether (sulfide) groups is 1. The third kappa shape index (κ3) is 4.24. The average Bonchev–Trinajstić information content (AvgIpc) is 3.53. The van der Waals surface area contributed by atoms with Gasteiger partial charge in [0.1, 0.15) is 4.83 Å². The van der Waals surface area contributed by atoms with E-state index >= 15 is 0 Å². The molecule has 1 unspecified atom stereocenters. The summed E-state index contributed by atoms with van der Waals surface area (Å²) in [7, 11) is 0. The average molecular weight is 486 g/mol. The Kier molecular flexibility index (Phi) is 6.09. The predicted octanol–water partition coefficient (Wildman–Crippen LogP) is 4.72.